The van der Waals surface area contributed by atoms with E-state index in [0.717, 1.165) is 11.3 Å². The van der Waals surface area contributed by atoms with Gasteiger partial charge in [0.05, 0.1) is 11.9 Å². The van der Waals surface area contributed by atoms with Crippen LogP contribution < -0.4 is 10.6 Å². The Bertz CT molecular complexity index is 1190. The molecule has 0 radical (unpaired) electrons. The Kier molecular flexibility index (Phi) is 5.32. The molecule has 0 aliphatic heterocycles. The highest BCUT2D eigenvalue weighted by Gasteiger charge is 2.29. The summed E-state index contributed by atoms with van der Waals surface area (Å²) in [5, 5.41) is 9.56. The van der Waals surface area contributed by atoms with Crippen LogP contribution in [-0.2, 0) is 0 Å². The number of fused-ring (bicyclic) bond motifs is 1. The summed E-state index contributed by atoms with van der Waals surface area (Å²) < 4.78 is 38.9. The molecule has 0 unspecified atom stereocenters. The minimum absolute atomic E-state index is 0.0449. The van der Waals surface area contributed by atoms with Crippen LogP contribution in [0, 0.1) is 0 Å². The third-order valence-corrected chi connectivity index (χ3v) is 4.79. The molecule has 4 rings (SSSR count). The number of nitrogens with one attached hydrogen (secondary N) is 2. The Labute approximate surface area is 173 Å². The Morgan fingerprint density at radius 2 is 1.70 bits per heavy atom. The maximum Gasteiger partial charge on any atom is 0.446 e. The van der Waals surface area contributed by atoms with E-state index in [9.17, 15) is 18.0 Å². The maximum absolute atomic E-state index is 12.4. The highest BCUT2D eigenvalue weighted by Crippen LogP contribution is 2.37. The number of anilines is 2. The zero-order valence-electron chi connectivity index (χ0n) is 15.2. The average molecular weight is 429 g/mol. The summed E-state index contributed by atoms with van der Waals surface area (Å²) in [4.78, 5) is 16.6. The third-order valence-electron chi connectivity index (χ3n) is 4.05. The van der Waals surface area contributed by atoms with Gasteiger partial charge in [-0.2, -0.15) is 18.3 Å². The van der Waals surface area contributed by atoms with Gasteiger partial charge in [0.15, 0.2) is 5.65 Å². The first-order valence-electron chi connectivity index (χ1n) is 8.70. The Balaban J connectivity index is 1.45. The molecule has 6 nitrogen and oxygen atoms in total. The van der Waals surface area contributed by atoms with E-state index in [1.165, 1.54) is 24.3 Å². The zero-order valence-corrected chi connectivity index (χ0v) is 16.0. The predicted octanol–water partition coefficient (Wildman–Crippen LogP) is 5.65. The van der Waals surface area contributed by atoms with Gasteiger partial charge in [-0.15, -0.1) is 0 Å². The van der Waals surface area contributed by atoms with Gasteiger partial charge in [0, 0.05) is 34.1 Å². The van der Waals surface area contributed by atoms with E-state index < -0.39 is 11.5 Å². The fourth-order valence-corrected chi connectivity index (χ4v) is 3.38. The Morgan fingerprint density at radius 1 is 0.933 bits per heavy atom. The Hall–Kier alpha value is -3.53. The van der Waals surface area contributed by atoms with Crippen LogP contribution in [0.15, 0.2) is 78.0 Å². The lowest BCUT2D eigenvalue weighted by Gasteiger charge is -2.11. The summed E-state index contributed by atoms with van der Waals surface area (Å²) in [6, 6.07) is 15.7. The summed E-state index contributed by atoms with van der Waals surface area (Å²) in [5.41, 5.74) is -1.08. The maximum atomic E-state index is 12.4. The van der Waals surface area contributed by atoms with Crippen LogP contribution in [0.1, 0.15) is 0 Å². The highest BCUT2D eigenvalue weighted by molar-refractivity contribution is 8.00. The van der Waals surface area contributed by atoms with Crippen LogP contribution in [0.5, 0.6) is 0 Å². The molecule has 2 aromatic carbocycles. The molecule has 0 aliphatic carbocycles. The summed E-state index contributed by atoms with van der Waals surface area (Å²) >= 11 is -0.208. The fraction of sp³-hybridized carbons (Fsp3) is 0.0500. The van der Waals surface area contributed by atoms with Crippen molar-refractivity contribution in [2.24, 2.45) is 0 Å². The van der Waals surface area contributed by atoms with Gasteiger partial charge >= 0.3 is 11.5 Å². The smallest absolute Gasteiger partial charge is 0.308 e. The van der Waals surface area contributed by atoms with E-state index in [4.69, 9.17) is 0 Å². The van der Waals surface area contributed by atoms with Gasteiger partial charge < -0.3 is 10.6 Å². The number of hydrogen-bond donors (Lipinski definition) is 2. The molecule has 30 heavy (non-hydrogen) atoms. The monoisotopic (exact) mass is 429 g/mol. The van der Waals surface area contributed by atoms with E-state index in [1.54, 1.807) is 41.2 Å². The van der Waals surface area contributed by atoms with Gasteiger partial charge in [0.1, 0.15) is 0 Å². The summed E-state index contributed by atoms with van der Waals surface area (Å²) in [5.74, 6) is 0. The molecular weight excluding hydrogens is 415 g/mol. The molecule has 4 aromatic rings. The first kappa shape index (κ1) is 19.8. The molecule has 2 aromatic heterocycles. The molecule has 0 saturated heterocycles. The van der Waals surface area contributed by atoms with Gasteiger partial charge in [0.2, 0.25) is 0 Å². The predicted molar refractivity (Wildman–Crippen MR) is 109 cm³/mol. The van der Waals surface area contributed by atoms with Crippen molar-refractivity contribution in [3.8, 4) is 11.3 Å². The van der Waals surface area contributed by atoms with E-state index in [2.05, 4.69) is 20.7 Å². The van der Waals surface area contributed by atoms with Gasteiger partial charge in [0.25, 0.3) is 0 Å². The summed E-state index contributed by atoms with van der Waals surface area (Å²) in [6.07, 6.45) is 3.33. The molecule has 2 heterocycles. The highest BCUT2D eigenvalue weighted by atomic mass is 32.2. The first-order valence-corrected chi connectivity index (χ1v) is 9.52. The molecule has 152 valence electrons. The van der Waals surface area contributed by atoms with Gasteiger partial charge in [-0.05, 0) is 54.2 Å². The van der Waals surface area contributed by atoms with Gasteiger partial charge in [-0.1, -0.05) is 12.1 Å². The van der Waals surface area contributed by atoms with E-state index >= 15 is 0 Å². The zero-order chi connectivity index (χ0) is 21.1. The number of nitrogens with zero attached hydrogens (tertiary/aromatic N) is 3. The lowest BCUT2D eigenvalue weighted by atomic mass is 10.1. The lowest BCUT2D eigenvalue weighted by molar-refractivity contribution is -0.0328. The van der Waals surface area contributed by atoms with Crippen molar-refractivity contribution in [3.63, 3.8) is 0 Å². The van der Waals surface area contributed by atoms with Crippen LogP contribution in [0.4, 0.5) is 29.3 Å². The van der Waals surface area contributed by atoms with E-state index in [1.807, 2.05) is 12.1 Å². The second kappa shape index (κ2) is 8.07. The lowest BCUT2D eigenvalue weighted by Crippen LogP contribution is -2.19. The molecular formula is C20H14F3N5OS. The number of thioether (sulfide) groups is 1. The van der Waals surface area contributed by atoms with Crippen molar-refractivity contribution in [1.29, 1.82) is 0 Å². The number of alkyl halides is 3. The van der Waals surface area contributed by atoms with Crippen molar-refractivity contribution < 1.29 is 18.0 Å². The number of carbonyl (C=O) groups is 1. The van der Waals surface area contributed by atoms with Crippen LogP contribution in [-0.4, -0.2) is 26.1 Å². The van der Waals surface area contributed by atoms with Crippen molar-refractivity contribution in [2.45, 2.75) is 10.4 Å². The number of halogens is 3. The van der Waals surface area contributed by atoms with Crippen molar-refractivity contribution in [1.82, 2.24) is 14.6 Å². The number of hydrogen-bond acceptors (Lipinski definition) is 4. The van der Waals surface area contributed by atoms with Crippen LogP contribution in [0.2, 0.25) is 0 Å². The number of urea groups is 1. The number of rotatable bonds is 4. The number of aromatic nitrogens is 3. The third kappa shape index (κ3) is 4.71. The van der Waals surface area contributed by atoms with Crippen LogP contribution in [0.3, 0.4) is 0 Å². The van der Waals surface area contributed by atoms with Gasteiger partial charge in [-0.3, -0.25) is 0 Å². The molecule has 0 bridgehead atoms. The Morgan fingerprint density at radius 3 is 2.47 bits per heavy atom. The van der Waals surface area contributed by atoms with Crippen LogP contribution in [0.25, 0.3) is 16.9 Å². The molecule has 2 N–H and O–H groups in total. The van der Waals surface area contributed by atoms with Crippen molar-refractivity contribution in [2.75, 3.05) is 10.6 Å². The first-order chi connectivity index (χ1) is 14.4. The van der Waals surface area contributed by atoms with Crippen molar-refractivity contribution >= 4 is 34.8 Å². The standard InChI is InChI=1S/C20H14F3N5OS/c21-20(22,23)30-16-6-4-14(5-7-16)26-19(29)27-15-3-1-2-13(12-15)17-8-10-24-18-9-11-25-28(17)18/h1-12H,(H2,26,27,29). The number of benzene rings is 2. The molecule has 2 amide bonds. The topological polar surface area (TPSA) is 71.3 Å². The minimum Gasteiger partial charge on any atom is -0.308 e. The summed E-state index contributed by atoms with van der Waals surface area (Å²) in [7, 11) is 0. The minimum atomic E-state index is -4.35. The largest absolute Gasteiger partial charge is 0.446 e. The van der Waals surface area contributed by atoms with E-state index in [-0.39, 0.29) is 16.7 Å². The fourth-order valence-electron chi connectivity index (χ4n) is 2.84. The molecule has 0 spiro atoms. The summed E-state index contributed by atoms with van der Waals surface area (Å²) in [6.45, 7) is 0. The average Bonchev–Trinajstić information content (AvgIpc) is 3.17. The second-order valence-electron chi connectivity index (χ2n) is 6.16. The molecule has 0 aliphatic rings. The van der Waals surface area contributed by atoms with Crippen LogP contribution >= 0.6 is 11.8 Å². The van der Waals surface area contributed by atoms with E-state index in [0.29, 0.717) is 17.0 Å². The molecule has 0 atom stereocenters. The normalized spacial score (nSPS) is 11.4. The molecule has 10 heteroatoms. The SMILES string of the molecule is O=C(Nc1ccc(SC(F)(F)F)cc1)Nc1cccc(-c2ccnc3ccnn23)c1. The molecule has 0 fully saturated rings. The number of carbonyl (C=O) groups excluding carboxylic acids is 1. The van der Waals surface area contributed by atoms with Gasteiger partial charge in [-0.25, -0.2) is 14.3 Å². The quantitative estimate of drug-likeness (QED) is 0.411. The molecule has 0 saturated carbocycles. The number of amides is 2. The second-order valence-corrected chi connectivity index (χ2v) is 7.30. The van der Waals surface area contributed by atoms with Crippen molar-refractivity contribution in [3.05, 3.63) is 73.1 Å².